The molecule has 2 fully saturated rings. The molecule has 6 heteroatoms. The van der Waals surface area contributed by atoms with Gasteiger partial charge in [-0.3, -0.25) is 4.79 Å². The third kappa shape index (κ3) is 5.09. The van der Waals surface area contributed by atoms with E-state index in [0.717, 1.165) is 38.6 Å². The number of carbonyl (C=O) groups excluding carboxylic acids is 2. The maximum absolute atomic E-state index is 12.5. The molecule has 1 saturated carbocycles. The van der Waals surface area contributed by atoms with E-state index >= 15 is 0 Å². The van der Waals surface area contributed by atoms with Gasteiger partial charge in [0.2, 0.25) is 5.91 Å². The van der Waals surface area contributed by atoms with Crippen LogP contribution in [0.2, 0.25) is 0 Å². The van der Waals surface area contributed by atoms with E-state index < -0.39 is 5.60 Å². The standard InChI is InChI=1S/C17H31N3O3/c1-17(2,3)23-16(22)20-10-6-9-14(20)12-7-4-5-8-13(12)19-11-15(18)21/h12-14,19H,4-11H2,1-3H3,(H2,18,21). The van der Waals surface area contributed by atoms with Crippen LogP contribution in [-0.2, 0) is 9.53 Å². The maximum atomic E-state index is 12.5. The fourth-order valence-corrected chi connectivity index (χ4v) is 3.89. The van der Waals surface area contributed by atoms with E-state index in [2.05, 4.69) is 5.32 Å². The maximum Gasteiger partial charge on any atom is 0.410 e. The summed E-state index contributed by atoms with van der Waals surface area (Å²) in [5.41, 5.74) is 4.80. The molecule has 132 valence electrons. The number of hydrogen-bond donors (Lipinski definition) is 2. The highest BCUT2D eigenvalue weighted by Gasteiger charge is 2.40. The van der Waals surface area contributed by atoms with Gasteiger partial charge >= 0.3 is 6.09 Å². The van der Waals surface area contributed by atoms with Crippen LogP contribution < -0.4 is 11.1 Å². The summed E-state index contributed by atoms with van der Waals surface area (Å²) in [6.45, 7) is 6.66. The smallest absolute Gasteiger partial charge is 0.410 e. The Kier molecular flexibility index (Phi) is 5.89. The third-order valence-corrected chi connectivity index (χ3v) is 4.78. The molecule has 1 aliphatic heterocycles. The molecule has 1 aliphatic carbocycles. The fourth-order valence-electron chi connectivity index (χ4n) is 3.89. The first-order chi connectivity index (χ1) is 10.8. The molecule has 6 nitrogen and oxygen atoms in total. The van der Waals surface area contributed by atoms with Gasteiger partial charge in [0.25, 0.3) is 0 Å². The lowest BCUT2D eigenvalue weighted by atomic mass is 9.79. The van der Waals surface area contributed by atoms with E-state index in [1.165, 1.54) is 6.42 Å². The van der Waals surface area contributed by atoms with Crippen LogP contribution >= 0.6 is 0 Å². The van der Waals surface area contributed by atoms with Crippen molar-refractivity contribution < 1.29 is 14.3 Å². The van der Waals surface area contributed by atoms with E-state index in [4.69, 9.17) is 10.5 Å². The molecule has 2 aliphatic rings. The zero-order valence-electron chi connectivity index (χ0n) is 14.6. The Morgan fingerprint density at radius 3 is 2.52 bits per heavy atom. The molecule has 0 aromatic carbocycles. The van der Waals surface area contributed by atoms with Crippen LogP contribution in [0.15, 0.2) is 0 Å². The van der Waals surface area contributed by atoms with Crippen molar-refractivity contribution in [2.45, 2.75) is 77.0 Å². The van der Waals surface area contributed by atoms with Crippen molar-refractivity contribution in [2.75, 3.05) is 13.1 Å². The largest absolute Gasteiger partial charge is 0.444 e. The summed E-state index contributed by atoms with van der Waals surface area (Å²) in [7, 11) is 0. The molecular formula is C17H31N3O3. The van der Waals surface area contributed by atoms with Crippen molar-refractivity contribution >= 4 is 12.0 Å². The summed E-state index contributed by atoms with van der Waals surface area (Å²) in [6.07, 6.45) is 6.28. The summed E-state index contributed by atoms with van der Waals surface area (Å²) in [5, 5.41) is 3.30. The van der Waals surface area contributed by atoms with Gasteiger partial charge in [-0.05, 0) is 52.4 Å². The van der Waals surface area contributed by atoms with Gasteiger partial charge in [-0.2, -0.15) is 0 Å². The second kappa shape index (κ2) is 7.51. The van der Waals surface area contributed by atoms with Crippen molar-refractivity contribution in [1.29, 1.82) is 0 Å². The lowest BCUT2D eigenvalue weighted by Gasteiger charge is -2.40. The van der Waals surface area contributed by atoms with Crippen LogP contribution in [0, 0.1) is 5.92 Å². The van der Waals surface area contributed by atoms with Crippen molar-refractivity contribution in [3.05, 3.63) is 0 Å². The highest BCUT2D eigenvalue weighted by molar-refractivity contribution is 5.75. The number of likely N-dealkylation sites (tertiary alicyclic amines) is 1. The van der Waals surface area contributed by atoms with Gasteiger partial charge in [-0.25, -0.2) is 4.79 Å². The number of carbonyl (C=O) groups is 2. The predicted molar refractivity (Wildman–Crippen MR) is 88.9 cm³/mol. The van der Waals surface area contributed by atoms with Gasteiger partial charge in [0.05, 0.1) is 6.54 Å². The minimum atomic E-state index is -0.472. The van der Waals surface area contributed by atoms with Gasteiger partial charge in [0, 0.05) is 18.6 Å². The van der Waals surface area contributed by atoms with E-state index in [-0.39, 0.29) is 30.6 Å². The zero-order valence-corrected chi connectivity index (χ0v) is 14.6. The fraction of sp³-hybridized carbons (Fsp3) is 0.882. The number of nitrogens with one attached hydrogen (secondary N) is 1. The molecule has 0 aromatic heterocycles. The average molecular weight is 325 g/mol. The average Bonchev–Trinajstić information content (AvgIpc) is 2.93. The Balaban J connectivity index is 2.03. The van der Waals surface area contributed by atoms with E-state index in [0.29, 0.717) is 5.92 Å². The second-order valence-electron chi connectivity index (χ2n) is 7.79. The Hall–Kier alpha value is -1.30. The van der Waals surface area contributed by atoms with Gasteiger partial charge in [-0.1, -0.05) is 12.8 Å². The Morgan fingerprint density at radius 2 is 1.87 bits per heavy atom. The van der Waals surface area contributed by atoms with Crippen molar-refractivity contribution in [3.8, 4) is 0 Å². The van der Waals surface area contributed by atoms with Crippen molar-refractivity contribution in [2.24, 2.45) is 11.7 Å². The lowest BCUT2D eigenvalue weighted by molar-refractivity contribution is -0.117. The van der Waals surface area contributed by atoms with Crippen LogP contribution in [0.4, 0.5) is 4.79 Å². The second-order valence-corrected chi connectivity index (χ2v) is 7.79. The Labute approximate surface area is 139 Å². The molecule has 0 bridgehead atoms. The topological polar surface area (TPSA) is 84.7 Å². The Bertz CT molecular complexity index is 433. The van der Waals surface area contributed by atoms with Crippen molar-refractivity contribution in [3.63, 3.8) is 0 Å². The number of nitrogens with two attached hydrogens (primary N) is 1. The first kappa shape index (κ1) is 18.0. The van der Waals surface area contributed by atoms with Crippen molar-refractivity contribution in [1.82, 2.24) is 10.2 Å². The highest BCUT2D eigenvalue weighted by Crippen LogP contribution is 2.35. The third-order valence-electron chi connectivity index (χ3n) is 4.78. The first-order valence-electron chi connectivity index (χ1n) is 8.79. The minimum Gasteiger partial charge on any atom is -0.444 e. The van der Waals surface area contributed by atoms with Gasteiger partial charge < -0.3 is 20.7 Å². The van der Waals surface area contributed by atoms with Crippen LogP contribution in [0.3, 0.4) is 0 Å². The quantitative estimate of drug-likeness (QED) is 0.828. The molecule has 0 aromatic rings. The van der Waals surface area contributed by atoms with Crippen LogP contribution in [0.25, 0.3) is 0 Å². The summed E-state index contributed by atoms with van der Waals surface area (Å²) < 4.78 is 5.57. The summed E-state index contributed by atoms with van der Waals surface area (Å²) in [4.78, 5) is 25.5. The number of primary amides is 1. The number of hydrogen-bond acceptors (Lipinski definition) is 4. The normalized spacial score (nSPS) is 28.7. The van der Waals surface area contributed by atoms with Gasteiger partial charge in [-0.15, -0.1) is 0 Å². The molecule has 0 spiro atoms. The van der Waals surface area contributed by atoms with Crippen LogP contribution in [0.1, 0.15) is 59.3 Å². The highest BCUT2D eigenvalue weighted by atomic mass is 16.6. The molecule has 3 N–H and O–H groups in total. The number of rotatable bonds is 4. The van der Waals surface area contributed by atoms with E-state index in [9.17, 15) is 9.59 Å². The summed E-state index contributed by atoms with van der Waals surface area (Å²) >= 11 is 0. The summed E-state index contributed by atoms with van der Waals surface area (Å²) in [6, 6.07) is 0.458. The molecule has 3 atom stereocenters. The molecule has 3 unspecified atom stereocenters. The monoisotopic (exact) mass is 325 g/mol. The minimum absolute atomic E-state index is 0.204. The lowest BCUT2D eigenvalue weighted by Crippen LogP contribution is -2.51. The Morgan fingerprint density at radius 1 is 1.17 bits per heavy atom. The summed E-state index contributed by atoms with van der Waals surface area (Å²) in [5.74, 6) is 0.0443. The zero-order chi connectivity index (χ0) is 17.0. The van der Waals surface area contributed by atoms with Gasteiger partial charge in [0.15, 0.2) is 0 Å². The number of amides is 2. The first-order valence-corrected chi connectivity index (χ1v) is 8.79. The molecular weight excluding hydrogens is 294 g/mol. The van der Waals surface area contributed by atoms with Crippen LogP contribution in [-0.4, -0.2) is 47.7 Å². The molecule has 2 amide bonds. The molecule has 2 rings (SSSR count). The van der Waals surface area contributed by atoms with E-state index in [1.54, 1.807) is 0 Å². The SMILES string of the molecule is CC(C)(C)OC(=O)N1CCCC1C1CCCCC1NCC(N)=O. The molecule has 0 radical (unpaired) electrons. The molecule has 1 saturated heterocycles. The van der Waals surface area contributed by atoms with Crippen LogP contribution in [0.5, 0.6) is 0 Å². The molecule has 23 heavy (non-hydrogen) atoms. The number of nitrogens with zero attached hydrogens (tertiary/aromatic N) is 1. The predicted octanol–water partition coefficient (Wildman–Crippen LogP) is 2.02. The van der Waals surface area contributed by atoms with E-state index in [1.807, 2.05) is 25.7 Å². The number of ether oxygens (including phenoxy) is 1. The molecule has 1 heterocycles. The van der Waals surface area contributed by atoms with Gasteiger partial charge in [0.1, 0.15) is 5.60 Å².